The molecule has 0 aliphatic rings. The van der Waals surface area contributed by atoms with Gasteiger partial charge in [-0.25, -0.2) is 4.39 Å². The molecule has 1 heterocycles. The van der Waals surface area contributed by atoms with Gasteiger partial charge >= 0.3 is 0 Å². The molecule has 0 aliphatic heterocycles. The van der Waals surface area contributed by atoms with E-state index >= 15 is 0 Å². The lowest BCUT2D eigenvalue weighted by Gasteiger charge is -2.05. The summed E-state index contributed by atoms with van der Waals surface area (Å²) in [6.07, 6.45) is 3.97. The van der Waals surface area contributed by atoms with Crippen LogP contribution in [-0.2, 0) is 0 Å². The molecule has 3 nitrogen and oxygen atoms in total. The molecule has 17 heavy (non-hydrogen) atoms. The Morgan fingerprint density at radius 1 is 1.29 bits per heavy atom. The number of nitrogens with zero attached hydrogens (tertiary/aromatic N) is 3. The van der Waals surface area contributed by atoms with Gasteiger partial charge in [0.15, 0.2) is 5.16 Å². The number of halogens is 1. The summed E-state index contributed by atoms with van der Waals surface area (Å²) in [5, 5.41) is 8.82. The lowest BCUT2D eigenvalue weighted by atomic mass is 10.3. The molecular formula is C12H14FN3S. The minimum absolute atomic E-state index is 0.234. The zero-order chi connectivity index (χ0) is 12.1. The minimum Gasteiger partial charge on any atom is -0.277 e. The molecule has 2 aromatic rings. The van der Waals surface area contributed by atoms with Crippen molar-refractivity contribution in [3.63, 3.8) is 0 Å². The van der Waals surface area contributed by atoms with Gasteiger partial charge in [-0.05, 0) is 30.7 Å². The Morgan fingerprint density at radius 3 is 2.76 bits per heavy atom. The molecule has 1 aromatic carbocycles. The summed E-state index contributed by atoms with van der Waals surface area (Å²) in [5.41, 5.74) is 0.885. The Hall–Kier alpha value is -1.36. The van der Waals surface area contributed by atoms with Crippen LogP contribution in [0, 0.1) is 5.82 Å². The molecule has 0 fully saturated rings. The molecule has 0 amide bonds. The molecular weight excluding hydrogens is 237 g/mol. The second kappa shape index (κ2) is 5.82. The first kappa shape index (κ1) is 12.1. The van der Waals surface area contributed by atoms with Gasteiger partial charge in [-0.15, -0.1) is 10.2 Å². The summed E-state index contributed by atoms with van der Waals surface area (Å²) in [4.78, 5) is 0. The standard InChI is InChI=1S/C12H14FN3S/c1-2-3-8-17-12-15-14-9-16(12)11-6-4-10(13)5-7-11/h4-7,9H,2-3,8H2,1H3. The molecule has 0 saturated heterocycles. The van der Waals surface area contributed by atoms with Gasteiger partial charge in [0.05, 0.1) is 0 Å². The van der Waals surface area contributed by atoms with Gasteiger partial charge in [-0.2, -0.15) is 0 Å². The van der Waals surface area contributed by atoms with E-state index in [9.17, 15) is 4.39 Å². The number of hydrogen-bond acceptors (Lipinski definition) is 3. The quantitative estimate of drug-likeness (QED) is 0.603. The monoisotopic (exact) mass is 251 g/mol. The first-order valence-corrected chi connectivity index (χ1v) is 6.58. The Morgan fingerprint density at radius 2 is 2.06 bits per heavy atom. The molecule has 0 spiro atoms. The maximum Gasteiger partial charge on any atom is 0.195 e. The van der Waals surface area contributed by atoms with Crippen LogP contribution in [0.1, 0.15) is 19.8 Å². The van der Waals surface area contributed by atoms with Crippen molar-refractivity contribution >= 4 is 11.8 Å². The normalized spacial score (nSPS) is 10.7. The number of thioether (sulfide) groups is 1. The molecule has 2 rings (SSSR count). The number of unbranched alkanes of at least 4 members (excludes halogenated alkanes) is 1. The van der Waals surface area contributed by atoms with Crippen LogP contribution in [0.15, 0.2) is 35.7 Å². The first-order valence-electron chi connectivity index (χ1n) is 5.60. The fraction of sp³-hybridized carbons (Fsp3) is 0.333. The van der Waals surface area contributed by atoms with Crippen LogP contribution in [0.2, 0.25) is 0 Å². The highest BCUT2D eigenvalue weighted by Crippen LogP contribution is 2.20. The van der Waals surface area contributed by atoms with Crippen LogP contribution in [0.25, 0.3) is 5.69 Å². The van der Waals surface area contributed by atoms with Gasteiger partial charge in [-0.3, -0.25) is 4.57 Å². The zero-order valence-corrected chi connectivity index (χ0v) is 10.5. The Kier molecular flexibility index (Phi) is 4.14. The van der Waals surface area contributed by atoms with Crippen LogP contribution >= 0.6 is 11.8 Å². The molecule has 1 aromatic heterocycles. The van der Waals surface area contributed by atoms with E-state index in [1.807, 2.05) is 4.57 Å². The van der Waals surface area contributed by atoms with E-state index in [0.29, 0.717) is 0 Å². The molecule has 0 atom stereocenters. The third-order valence-electron chi connectivity index (χ3n) is 2.35. The lowest BCUT2D eigenvalue weighted by Crippen LogP contribution is -1.95. The molecule has 5 heteroatoms. The van der Waals surface area contributed by atoms with E-state index in [1.54, 1.807) is 30.2 Å². The summed E-state index contributed by atoms with van der Waals surface area (Å²) < 4.78 is 14.7. The Labute approximate surface area is 104 Å². The summed E-state index contributed by atoms with van der Waals surface area (Å²) in [6, 6.07) is 6.33. The second-order valence-electron chi connectivity index (χ2n) is 3.66. The summed E-state index contributed by atoms with van der Waals surface area (Å²) in [6.45, 7) is 2.16. The van der Waals surface area contributed by atoms with E-state index in [4.69, 9.17) is 0 Å². The Bertz CT molecular complexity index is 467. The van der Waals surface area contributed by atoms with E-state index in [1.165, 1.54) is 12.1 Å². The lowest BCUT2D eigenvalue weighted by molar-refractivity contribution is 0.627. The van der Waals surface area contributed by atoms with Crippen LogP contribution in [-0.4, -0.2) is 20.5 Å². The molecule has 0 N–H and O–H groups in total. The topological polar surface area (TPSA) is 30.7 Å². The van der Waals surface area contributed by atoms with Crippen LogP contribution in [0.5, 0.6) is 0 Å². The van der Waals surface area contributed by atoms with Gasteiger partial charge in [-0.1, -0.05) is 25.1 Å². The smallest absolute Gasteiger partial charge is 0.195 e. The second-order valence-corrected chi connectivity index (χ2v) is 4.72. The molecule has 0 aliphatic carbocycles. The first-order chi connectivity index (χ1) is 8.31. The van der Waals surface area contributed by atoms with Crippen molar-refractivity contribution < 1.29 is 4.39 Å². The number of hydrogen-bond donors (Lipinski definition) is 0. The van der Waals surface area contributed by atoms with Crippen molar-refractivity contribution in [2.24, 2.45) is 0 Å². The van der Waals surface area contributed by atoms with Crippen LogP contribution < -0.4 is 0 Å². The van der Waals surface area contributed by atoms with Crippen molar-refractivity contribution in [3.8, 4) is 5.69 Å². The highest BCUT2D eigenvalue weighted by atomic mass is 32.2. The third-order valence-corrected chi connectivity index (χ3v) is 3.38. The van der Waals surface area contributed by atoms with Crippen molar-refractivity contribution in [1.82, 2.24) is 14.8 Å². The van der Waals surface area contributed by atoms with Crippen LogP contribution in [0.4, 0.5) is 4.39 Å². The maximum atomic E-state index is 12.8. The molecule has 90 valence electrons. The number of rotatable bonds is 5. The predicted molar refractivity (Wildman–Crippen MR) is 66.9 cm³/mol. The van der Waals surface area contributed by atoms with Crippen molar-refractivity contribution in [3.05, 3.63) is 36.4 Å². The van der Waals surface area contributed by atoms with Gasteiger partial charge < -0.3 is 0 Å². The van der Waals surface area contributed by atoms with Crippen LogP contribution in [0.3, 0.4) is 0 Å². The maximum absolute atomic E-state index is 12.8. The molecule has 0 bridgehead atoms. The van der Waals surface area contributed by atoms with E-state index < -0.39 is 0 Å². The van der Waals surface area contributed by atoms with Gasteiger partial charge in [0.1, 0.15) is 12.1 Å². The van der Waals surface area contributed by atoms with Crippen molar-refractivity contribution in [1.29, 1.82) is 0 Å². The van der Waals surface area contributed by atoms with Crippen molar-refractivity contribution in [2.45, 2.75) is 24.9 Å². The van der Waals surface area contributed by atoms with Gasteiger partial charge in [0.25, 0.3) is 0 Å². The summed E-state index contributed by atoms with van der Waals surface area (Å²) in [7, 11) is 0. The fourth-order valence-electron chi connectivity index (χ4n) is 1.41. The summed E-state index contributed by atoms with van der Waals surface area (Å²) >= 11 is 1.67. The average Bonchev–Trinajstić information content (AvgIpc) is 2.79. The molecule has 0 saturated carbocycles. The minimum atomic E-state index is -0.234. The number of aromatic nitrogens is 3. The fourth-order valence-corrected chi connectivity index (χ4v) is 2.42. The van der Waals surface area contributed by atoms with Crippen molar-refractivity contribution in [2.75, 3.05) is 5.75 Å². The predicted octanol–water partition coefficient (Wildman–Crippen LogP) is 3.30. The highest BCUT2D eigenvalue weighted by molar-refractivity contribution is 7.99. The summed E-state index contributed by atoms with van der Waals surface area (Å²) in [5.74, 6) is 0.790. The largest absolute Gasteiger partial charge is 0.277 e. The van der Waals surface area contributed by atoms with Gasteiger partial charge in [0.2, 0.25) is 0 Å². The molecule has 0 radical (unpaired) electrons. The third kappa shape index (κ3) is 3.06. The molecule has 0 unspecified atom stereocenters. The van der Waals surface area contributed by atoms with E-state index in [-0.39, 0.29) is 5.82 Å². The average molecular weight is 251 g/mol. The Balaban J connectivity index is 2.15. The highest BCUT2D eigenvalue weighted by Gasteiger charge is 2.06. The number of benzene rings is 1. The van der Waals surface area contributed by atoms with Gasteiger partial charge in [0, 0.05) is 11.4 Å². The van der Waals surface area contributed by atoms with E-state index in [0.717, 1.165) is 29.4 Å². The zero-order valence-electron chi connectivity index (χ0n) is 9.64. The SMILES string of the molecule is CCCCSc1nncn1-c1ccc(F)cc1. The van der Waals surface area contributed by atoms with E-state index in [2.05, 4.69) is 17.1 Å².